The van der Waals surface area contributed by atoms with Gasteiger partial charge in [-0.25, -0.2) is 4.98 Å². The van der Waals surface area contributed by atoms with E-state index >= 15 is 0 Å². The minimum atomic E-state index is 0.0825. The van der Waals surface area contributed by atoms with Crippen LogP contribution in [-0.4, -0.2) is 50.9 Å². The van der Waals surface area contributed by atoms with Crippen LogP contribution in [-0.2, 0) is 13.6 Å². The van der Waals surface area contributed by atoms with Crippen LogP contribution in [0.4, 0.5) is 0 Å². The van der Waals surface area contributed by atoms with Gasteiger partial charge in [-0.15, -0.1) is 0 Å². The third-order valence-electron chi connectivity index (χ3n) is 4.47. The lowest BCUT2D eigenvalue weighted by Gasteiger charge is -2.29. The quantitative estimate of drug-likeness (QED) is 0.872. The molecule has 1 atom stereocenters. The van der Waals surface area contributed by atoms with Crippen molar-refractivity contribution in [1.82, 2.24) is 19.4 Å². The van der Waals surface area contributed by atoms with Gasteiger partial charge in [-0.3, -0.25) is 9.69 Å². The molecule has 1 aliphatic rings. The van der Waals surface area contributed by atoms with Crippen molar-refractivity contribution in [3.63, 3.8) is 0 Å². The minimum Gasteiger partial charge on any atom is -0.333 e. The summed E-state index contributed by atoms with van der Waals surface area (Å²) >= 11 is 0. The molecule has 1 amide bonds. The van der Waals surface area contributed by atoms with E-state index in [0.29, 0.717) is 5.69 Å². The van der Waals surface area contributed by atoms with Crippen LogP contribution in [0.1, 0.15) is 29.4 Å². The van der Waals surface area contributed by atoms with E-state index in [4.69, 9.17) is 0 Å². The Balaban J connectivity index is 1.67. The Morgan fingerprint density at radius 3 is 2.74 bits per heavy atom. The summed E-state index contributed by atoms with van der Waals surface area (Å²) in [7, 11) is 1.87. The first-order chi connectivity index (χ1) is 11.1. The van der Waals surface area contributed by atoms with E-state index in [9.17, 15) is 4.79 Å². The van der Waals surface area contributed by atoms with Crippen molar-refractivity contribution in [1.29, 1.82) is 0 Å². The maximum Gasteiger partial charge on any atom is 0.272 e. The van der Waals surface area contributed by atoms with Crippen molar-refractivity contribution < 1.29 is 4.79 Å². The third-order valence-corrected chi connectivity index (χ3v) is 4.47. The van der Waals surface area contributed by atoms with Gasteiger partial charge < -0.3 is 9.47 Å². The Morgan fingerprint density at radius 2 is 2.04 bits per heavy atom. The van der Waals surface area contributed by atoms with Crippen LogP contribution in [0.3, 0.4) is 0 Å². The molecule has 0 spiro atoms. The zero-order valence-electron chi connectivity index (χ0n) is 13.9. The molecule has 1 aromatic carbocycles. The van der Waals surface area contributed by atoms with Crippen LogP contribution in [0.25, 0.3) is 0 Å². The maximum atomic E-state index is 12.8. The maximum absolute atomic E-state index is 12.8. The molecule has 23 heavy (non-hydrogen) atoms. The molecular formula is C18H24N4O. The van der Waals surface area contributed by atoms with Crippen LogP contribution in [0.2, 0.25) is 0 Å². The smallest absolute Gasteiger partial charge is 0.272 e. The lowest BCUT2D eigenvalue weighted by Crippen LogP contribution is -2.43. The normalized spacial score (nSPS) is 19.6. The molecule has 0 saturated carbocycles. The topological polar surface area (TPSA) is 41.4 Å². The number of rotatable bonds is 3. The zero-order chi connectivity index (χ0) is 16.2. The lowest BCUT2D eigenvalue weighted by molar-refractivity contribution is 0.0681. The summed E-state index contributed by atoms with van der Waals surface area (Å²) in [6.07, 6.45) is 4.33. The van der Waals surface area contributed by atoms with Crippen molar-refractivity contribution in [2.24, 2.45) is 7.05 Å². The van der Waals surface area contributed by atoms with Gasteiger partial charge in [0, 0.05) is 39.3 Å². The van der Waals surface area contributed by atoms with Crippen LogP contribution >= 0.6 is 0 Å². The first-order valence-corrected chi connectivity index (χ1v) is 8.18. The van der Waals surface area contributed by atoms with Gasteiger partial charge in [-0.2, -0.15) is 0 Å². The number of aryl methyl sites for hydroxylation is 1. The Bertz CT molecular complexity index is 652. The van der Waals surface area contributed by atoms with Crippen molar-refractivity contribution in [2.75, 3.05) is 19.6 Å². The fraction of sp³-hybridized carbons (Fsp3) is 0.444. The van der Waals surface area contributed by atoms with Crippen LogP contribution in [0.15, 0.2) is 42.9 Å². The van der Waals surface area contributed by atoms with Gasteiger partial charge in [0.1, 0.15) is 5.69 Å². The van der Waals surface area contributed by atoms with E-state index in [1.807, 2.05) is 18.0 Å². The Labute approximate surface area is 137 Å². The molecule has 0 unspecified atom stereocenters. The summed E-state index contributed by atoms with van der Waals surface area (Å²) in [5, 5.41) is 0. The molecule has 2 aromatic rings. The molecule has 0 radical (unpaired) electrons. The van der Waals surface area contributed by atoms with E-state index in [0.717, 1.165) is 32.6 Å². The Morgan fingerprint density at radius 1 is 1.26 bits per heavy atom. The highest BCUT2D eigenvalue weighted by Crippen LogP contribution is 2.16. The molecule has 0 N–H and O–H groups in total. The number of hydrogen-bond donors (Lipinski definition) is 0. The van der Waals surface area contributed by atoms with Gasteiger partial charge in [-0.1, -0.05) is 30.3 Å². The number of nitrogens with zero attached hydrogens (tertiary/aromatic N) is 4. The summed E-state index contributed by atoms with van der Waals surface area (Å²) < 4.78 is 1.79. The summed E-state index contributed by atoms with van der Waals surface area (Å²) in [6.45, 7) is 5.81. The number of hydrogen-bond acceptors (Lipinski definition) is 3. The number of amides is 1. The second kappa shape index (κ2) is 6.96. The lowest BCUT2D eigenvalue weighted by atomic mass is 10.2. The predicted molar refractivity (Wildman–Crippen MR) is 90.0 cm³/mol. The standard InChI is InChI=1S/C18H24N4O/c1-15-12-21(13-16-7-4-3-5-8-16)9-6-10-22(15)18(23)17-11-19-14-20(17)2/h3-5,7-8,11,14-15H,6,9-10,12-13H2,1-2H3/t15-/m1/s1. The van der Waals surface area contributed by atoms with Crippen LogP contribution in [0, 0.1) is 0 Å². The van der Waals surface area contributed by atoms with Gasteiger partial charge in [-0.05, 0) is 18.9 Å². The van der Waals surface area contributed by atoms with Crippen molar-refractivity contribution in [2.45, 2.75) is 25.9 Å². The summed E-state index contributed by atoms with van der Waals surface area (Å²) in [6, 6.07) is 10.7. The molecule has 1 aromatic heterocycles. The molecule has 122 valence electrons. The highest BCUT2D eigenvalue weighted by atomic mass is 16.2. The Hall–Kier alpha value is -2.14. The van der Waals surface area contributed by atoms with Crippen molar-refractivity contribution in [3.8, 4) is 0 Å². The molecule has 1 aliphatic heterocycles. The van der Waals surface area contributed by atoms with Crippen molar-refractivity contribution in [3.05, 3.63) is 54.1 Å². The third kappa shape index (κ3) is 3.62. The van der Waals surface area contributed by atoms with Gasteiger partial charge in [0.25, 0.3) is 5.91 Å². The molecule has 2 heterocycles. The average molecular weight is 312 g/mol. The summed E-state index contributed by atoms with van der Waals surface area (Å²) in [5.74, 6) is 0.0825. The van der Waals surface area contributed by atoms with Gasteiger partial charge in [0.15, 0.2) is 0 Å². The van der Waals surface area contributed by atoms with Crippen molar-refractivity contribution >= 4 is 5.91 Å². The monoisotopic (exact) mass is 312 g/mol. The van der Waals surface area contributed by atoms with E-state index in [1.165, 1.54) is 5.56 Å². The molecule has 0 bridgehead atoms. The number of carbonyl (C=O) groups excluding carboxylic acids is 1. The first kappa shape index (κ1) is 15.7. The molecule has 5 heteroatoms. The van der Waals surface area contributed by atoms with E-state index in [-0.39, 0.29) is 11.9 Å². The molecule has 1 saturated heterocycles. The van der Waals surface area contributed by atoms with Gasteiger partial charge in [0.05, 0.1) is 12.5 Å². The molecular weight excluding hydrogens is 288 g/mol. The van der Waals surface area contributed by atoms with E-state index in [1.54, 1.807) is 17.1 Å². The highest BCUT2D eigenvalue weighted by Gasteiger charge is 2.27. The fourth-order valence-electron chi connectivity index (χ4n) is 3.25. The fourth-order valence-corrected chi connectivity index (χ4v) is 3.25. The van der Waals surface area contributed by atoms with Crippen LogP contribution < -0.4 is 0 Å². The van der Waals surface area contributed by atoms with E-state index in [2.05, 4.69) is 41.1 Å². The average Bonchev–Trinajstić information content (AvgIpc) is 2.89. The molecule has 3 rings (SSSR count). The number of carbonyl (C=O) groups is 1. The number of imidazole rings is 1. The zero-order valence-corrected chi connectivity index (χ0v) is 13.9. The molecule has 1 fully saturated rings. The number of aromatic nitrogens is 2. The van der Waals surface area contributed by atoms with Gasteiger partial charge >= 0.3 is 0 Å². The second-order valence-electron chi connectivity index (χ2n) is 6.31. The predicted octanol–water partition coefficient (Wildman–Crippen LogP) is 2.16. The van der Waals surface area contributed by atoms with Crippen LogP contribution in [0.5, 0.6) is 0 Å². The molecule has 5 nitrogen and oxygen atoms in total. The van der Waals surface area contributed by atoms with E-state index < -0.39 is 0 Å². The first-order valence-electron chi connectivity index (χ1n) is 8.18. The SMILES string of the molecule is C[C@@H]1CN(Cc2ccccc2)CCCN1C(=O)c1cncn1C. The highest BCUT2D eigenvalue weighted by molar-refractivity contribution is 5.92. The second-order valence-corrected chi connectivity index (χ2v) is 6.31. The number of benzene rings is 1. The summed E-state index contributed by atoms with van der Waals surface area (Å²) in [4.78, 5) is 21.2. The largest absolute Gasteiger partial charge is 0.333 e. The Kier molecular flexibility index (Phi) is 4.76. The summed E-state index contributed by atoms with van der Waals surface area (Å²) in [5.41, 5.74) is 1.99. The minimum absolute atomic E-state index is 0.0825. The molecule has 0 aliphatic carbocycles. The van der Waals surface area contributed by atoms with Gasteiger partial charge in [0.2, 0.25) is 0 Å².